The third-order valence-electron chi connectivity index (χ3n) is 6.68. The lowest BCUT2D eigenvalue weighted by molar-refractivity contribution is -0.154. The van der Waals surface area contributed by atoms with Crippen molar-refractivity contribution in [2.24, 2.45) is 29.6 Å². The van der Waals surface area contributed by atoms with Crippen molar-refractivity contribution >= 4 is 17.3 Å². The minimum atomic E-state index is -0.436. The van der Waals surface area contributed by atoms with Crippen molar-refractivity contribution < 1.29 is 19.1 Å². The highest BCUT2D eigenvalue weighted by Crippen LogP contribution is 2.47. The van der Waals surface area contributed by atoms with E-state index in [9.17, 15) is 14.4 Å². The first kappa shape index (κ1) is 20.5. The standard InChI is InChI=1S/C24H30O4/c1-4-6-19-23-21(26)14-13-20(25)22(23)18(15(2)24(19)27)8-5-7-16-9-11-17(28-3)12-10-16/h4,9-12,15,18-19,22-23H,1,5-8,13-14H2,2-3H3/t15-,18+,19+,22+,23-/m1/s1. The third kappa shape index (κ3) is 3.96. The number of methoxy groups -OCH3 is 1. The van der Waals surface area contributed by atoms with Crippen LogP contribution in [-0.2, 0) is 20.8 Å². The molecule has 2 saturated carbocycles. The number of allylic oxidation sites excluding steroid dienone is 1. The van der Waals surface area contributed by atoms with Crippen molar-refractivity contribution in [1.82, 2.24) is 0 Å². The molecule has 0 unspecified atom stereocenters. The number of carbonyl (C=O) groups excluding carboxylic acids is 3. The van der Waals surface area contributed by atoms with Gasteiger partial charge in [-0.15, -0.1) is 6.58 Å². The maximum atomic E-state index is 13.0. The fourth-order valence-electron chi connectivity index (χ4n) is 5.20. The number of hydrogen-bond donors (Lipinski definition) is 0. The monoisotopic (exact) mass is 382 g/mol. The molecule has 5 atom stereocenters. The van der Waals surface area contributed by atoms with Gasteiger partial charge in [0.1, 0.15) is 23.1 Å². The van der Waals surface area contributed by atoms with E-state index in [1.807, 2.05) is 31.2 Å². The van der Waals surface area contributed by atoms with Crippen LogP contribution in [-0.4, -0.2) is 24.5 Å². The fraction of sp³-hybridized carbons (Fsp3) is 0.542. The zero-order valence-electron chi connectivity index (χ0n) is 16.9. The molecule has 3 rings (SSSR count). The summed E-state index contributed by atoms with van der Waals surface area (Å²) in [6.45, 7) is 5.70. The molecule has 4 heteroatoms. The minimum absolute atomic E-state index is 0.0337. The van der Waals surface area contributed by atoms with Crippen LogP contribution in [0, 0.1) is 29.6 Å². The number of fused-ring (bicyclic) bond motifs is 1. The molecule has 2 fully saturated rings. The average molecular weight is 383 g/mol. The normalized spacial score (nSPS) is 30.1. The molecule has 2 aliphatic carbocycles. The molecule has 0 heterocycles. The van der Waals surface area contributed by atoms with Gasteiger partial charge in [0.2, 0.25) is 0 Å². The molecule has 0 spiro atoms. The van der Waals surface area contributed by atoms with Gasteiger partial charge in [-0.2, -0.15) is 0 Å². The Bertz CT molecular complexity index is 748. The van der Waals surface area contributed by atoms with E-state index in [0.717, 1.165) is 25.0 Å². The van der Waals surface area contributed by atoms with E-state index in [-0.39, 0.29) is 47.4 Å². The second kappa shape index (κ2) is 8.85. The van der Waals surface area contributed by atoms with Crippen LogP contribution in [0.15, 0.2) is 36.9 Å². The van der Waals surface area contributed by atoms with Crippen molar-refractivity contribution in [3.8, 4) is 5.75 Å². The average Bonchev–Trinajstić information content (AvgIpc) is 2.70. The number of aryl methyl sites for hydroxylation is 1. The van der Waals surface area contributed by atoms with E-state index >= 15 is 0 Å². The van der Waals surface area contributed by atoms with Crippen molar-refractivity contribution in [1.29, 1.82) is 0 Å². The van der Waals surface area contributed by atoms with Crippen molar-refractivity contribution in [3.63, 3.8) is 0 Å². The van der Waals surface area contributed by atoms with Gasteiger partial charge in [-0.1, -0.05) is 25.1 Å². The summed E-state index contributed by atoms with van der Waals surface area (Å²) in [5.41, 5.74) is 1.21. The number of ether oxygens (including phenoxy) is 1. The van der Waals surface area contributed by atoms with E-state index in [1.54, 1.807) is 13.2 Å². The topological polar surface area (TPSA) is 60.4 Å². The first-order chi connectivity index (χ1) is 13.5. The second-order valence-electron chi connectivity index (χ2n) is 8.21. The van der Waals surface area contributed by atoms with Crippen LogP contribution in [0.25, 0.3) is 0 Å². The summed E-state index contributed by atoms with van der Waals surface area (Å²) in [4.78, 5) is 38.5. The van der Waals surface area contributed by atoms with Crippen LogP contribution in [0.3, 0.4) is 0 Å². The summed E-state index contributed by atoms with van der Waals surface area (Å²) < 4.78 is 5.19. The molecule has 4 nitrogen and oxygen atoms in total. The van der Waals surface area contributed by atoms with Crippen LogP contribution in [0.2, 0.25) is 0 Å². The van der Waals surface area contributed by atoms with E-state index in [1.165, 1.54) is 5.56 Å². The summed E-state index contributed by atoms with van der Waals surface area (Å²) >= 11 is 0. The number of ketones is 3. The molecular formula is C24H30O4. The van der Waals surface area contributed by atoms with E-state index < -0.39 is 5.92 Å². The van der Waals surface area contributed by atoms with E-state index in [4.69, 9.17) is 4.74 Å². The first-order valence-electron chi connectivity index (χ1n) is 10.3. The highest BCUT2D eigenvalue weighted by Gasteiger charge is 2.54. The van der Waals surface area contributed by atoms with Gasteiger partial charge in [-0.3, -0.25) is 14.4 Å². The maximum Gasteiger partial charge on any atom is 0.140 e. The molecule has 0 radical (unpaired) electrons. The molecule has 28 heavy (non-hydrogen) atoms. The molecule has 0 saturated heterocycles. The Morgan fingerprint density at radius 2 is 1.71 bits per heavy atom. The van der Waals surface area contributed by atoms with Crippen molar-refractivity contribution in [2.75, 3.05) is 7.11 Å². The molecule has 150 valence electrons. The Labute approximate surface area is 167 Å². The van der Waals surface area contributed by atoms with Crippen LogP contribution in [0.4, 0.5) is 0 Å². The molecule has 0 N–H and O–H groups in total. The largest absolute Gasteiger partial charge is 0.497 e. The summed E-state index contributed by atoms with van der Waals surface area (Å²) in [5, 5.41) is 0. The molecule has 1 aromatic carbocycles. The Morgan fingerprint density at radius 3 is 2.32 bits per heavy atom. The predicted octanol–water partition coefficient (Wildman–Crippen LogP) is 4.21. The molecule has 2 aliphatic rings. The highest BCUT2D eigenvalue weighted by atomic mass is 16.5. The van der Waals surface area contributed by atoms with Crippen LogP contribution in [0.1, 0.15) is 44.6 Å². The second-order valence-corrected chi connectivity index (χ2v) is 8.21. The summed E-state index contributed by atoms with van der Waals surface area (Å²) in [7, 11) is 1.65. The van der Waals surface area contributed by atoms with Gasteiger partial charge in [0, 0.05) is 36.5 Å². The van der Waals surface area contributed by atoms with Gasteiger partial charge in [-0.25, -0.2) is 0 Å². The number of Topliss-reactive ketones (excluding diaryl/α,β-unsaturated/α-hetero) is 3. The fourth-order valence-corrected chi connectivity index (χ4v) is 5.20. The molecule has 1 aromatic rings. The summed E-state index contributed by atoms with van der Waals surface area (Å²) in [6.07, 6.45) is 5.39. The Hall–Kier alpha value is -2.23. The van der Waals surface area contributed by atoms with Gasteiger partial charge in [0.25, 0.3) is 0 Å². The first-order valence-corrected chi connectivity index (χ1v) is 10.3. The maximum absolute atomic E-state index is 13.0. The lowest BCUT2D eigenvalue weighted by Gasteiger charge is -2.46. The summed E-state index contributed by atoms with van der Waals surface area (Å²) in [6, 6.07) is 7.99. The Balaban J connectivity index is 1.74. The quantitative estimate of drug-likeness (QED) is 0.663. The number of rotatable bonds is 7. The van der Waals surface area contributed by atoms with E-state index in [0.29, 0.717) is 12.8 Å². The Kier molecular flexibility index (Phi) is 6.48. The number of hydrogen-bond acceptors (Lipinski definition) is 4. The van der Waals surface area contributed by atoms with Crippen LogP contribution < -0.4 is 4.74 Å². The third-order valence-corrected chi connectivity index (χ3v) is 6.68. The predicted molar refractivity (Wildman–Crippen MR) is 108 cm³/mol. The number of benzene rings is 1. The van der Waals surface area contributed by atoms with Gasteiger partial charge < -0.3 is 4.74 Å². The van der Waals surface area contributed by atoms with Gasteiger partial charge in [-0.05, 0) is 49.3 Å². The van der Waals surface area contributed by atoms with Crippen LogP contribution >= 0.6 is 0 Å². The minimum Gasteiger partial charge on any atom is -0.497 e. The smallest absolute Gasteiger partial charge is 0.140 e. The Morgan fingerprint density at radius 1 is 1.07 bits per heavy atom. The lowest BCUT2D eigenvalue weighted by Crippen LogP contribution is -2.53. The lowest BCUT2D eigenvalue weighted by atomic mass is 9.55. The molecule has 0 amide bonds. The summed E-state index contributed by atoms with van der Waals surface area (Å²) in [5.74, 6) is -0.0816. The molecular weight excluding hydrogens is 352 g/mol. The zero-order valence-corrected chi connectivity index (χ0v) is 16.9. The van der Waals surface area contributed by atoms with Crippen molar-refractivity contribution in [2.45, 2.75) is 45.4 Å². The molecule has 0 bridgehead atoms. The van der Waals surface area contributed by atoms with Crippen LogP contribution in [0.5, 0.6) is 5.75 Å². The zero-order chi connectivity index (χ0) is 20.3. The van der Waals surface area contributed by atoms with Gasteiger partial charge in [0.15, 0.2) is 0 Å². The van der Waals surface area contributed by atoms with Gasteiger partial charge in [0.05, 0.1) is 7.11 Å². The van der Waals surface area contributed by atoms with Crippen molar-refractivity contribution in [3.05, 3.63) is 42.5 Å². The SMILES string of the molecule is C=CC[C@@H]1C(=O)[C@H](C)[C@H](CCCc2ccc(OC)cc2)[C@H]2C(=O)CCC(=O)[C@H]21. The molecule has 0 aliphatic heterocycles. The highest BCUT2D eigenvalue weighted by molar-refractivity contribution is 6.01. The van der Waals surface area contributed by atoms with Gasteiger partial charge >= 0.3 is 0 Å². The number of carbonyl (C=O) groups is 3. The molecule has 0 aromatic heterocycles. The van der Waals surface area contributed by atoms with E-state index in [2.05, 4.69) is 6.58 Å².